The highest BCUT2D eigenvalue weighted by Crippen LogP contribution is 2.40. The number of amides is 2. The van der Waals surface area contributed by atoms with Crippen LogP contribution in [0.4, 0.5) is 4.79 Å². The molecule has 0 aliphatic carbocycles. The third-order valence-electron chi connectivity index (χ3n) is 6.14. The highest BCUT2D eigenvalue weighted by molar-refractivity contribution is 5.74. The predicted molar refractivity (Wildman–Crippen MR) is 124 cm³/mol. The second-order valence-electron chi connectivity index (χ2n) is 8.02. The Morgan fingerprint density at radius 3 is 2.52 bits per heavy atom. The van der Waals surface area contributed by atoms with Crippen molar-refractivity contribution in [1.29, 1.82) is 0 Å². The van der Waals surface area contributed by atoms with E-state index in [9.17, 15) is 4.79 Å². The standard InChI is InChI=1S/C25H35N3O3/c1-6-21(27-25(29)26-7-2)24-20-15-23(31-5)22(30-4)14-18(20)12-13-28(24)16-19-11-9-8-10-17(19)3/h8-11,14-15,21,24H,6-7,12-13,16H2,1-5H3,(H2,26,27,29)/t21-,24-/m0/s1. The Kier molecular flexibility index (Phi) is 7.80. The molecule has 2 aromatic carbocycles. The normalized spacial score (nSPS) is 16.9. The quantitative estimate of drug-likeness (QED) is 0.665. The van der Waals surface area contributed by atoms with Crippen LogP contribution in [-0.2, 0) is 13.0 Å². The summed E-state index contributed by atoms with van der Waals surface area (Å²) in [6.45, 7) is 8.55. The van der Waals surface area contributed by atoms with E-state index in [1.165, 1.54) is 22.3 Å². The van der Waals surface area contributed by atoms with Crippen LogP contribution in [0.25, 0.3) is 0 Å². The van der Waals surface area contributed by atoms with Gasteiger partial charge in [-0.2, -0.15) is 0 Å². The number of nitrogens with zero attached hydrogens (tertiary/aromatic N) is 1. The van der Waals surface area contributed by atoms with Crippen LogP contribution in [0, 0.1) is 6.92 Å². The van der Waals surface area contributed by atoms with Crippen molar-refractivity contribution >= 4 is 6.03 Å². The fourth-order valence-corrected chi connectivity index (χ4v) is 4.47. The van der Waals surface area contributed by atoms with Gasteiger partial charge in [0.2, 0.25) is 0 Å². The summed E-state index contributed by atoms with van der Waals surface area (Å²) in [7, 11) is 3.33. The van der Waals surface area contributed by atoms with Gasteiger partial charge in [0.15, 0.2) is 11.5 Å². The molecule has 2 atom stereocenters. The number of rotatable bonds is 8. The molecule has 168 valence electrons. The molecular weight excluding hydrogens is 390 g/mol. The molecule has 1 aliphatic heterocycles. The van der Waals surface area contributed by atoms with Gasteiger partial charge in [0.1, 0.15) is 0 Å². The van der Waals surface area contributed by atoms with Gasteiger partial charge in [-0.3, -0.25) is 4.90 Å². The topological polar surface area (TPSA) is 62.8 Å². The zero-order chi connectivity index (χ0) is 22.4. The number of hydrogen-bond donors (Lipinski definition) is 2. The number of hydrogen-bond acceptors (Lipinski definition) is 4. The maximum Gasteiger partial charge on any atom is 0.315 e. The average molecular weight is 426 g/mol. The molecule has 0 bridgehead atoms. The van der Waals surface area contributed by atoms with Crippen LogP contribution in [0.5, 0.6) is 11.5 Å². The lowest BCUT2D eigenvalue weighted by molar-refractivity contribution is 0.135. The third kappa shape index (κ3) is 5.13. The van der Waals surface area contributed by atoms with Gasteiger partial charge in [-0.25, -0.2) is 4.79 Å². The van der Waals surface area contributed by atoms with E-state index in [-0.39, 0.29) is 18.1 Å². The maximum absolute atomic E-state index is 12.4. The molecule has 6 nitrogen and oxygen atoms in total. The van der Waals surface area contributed by atoms with Crippen LogP contribution in [0.2, 0.25) is 0 Å². The molecule has 0 fully saturated rings. The van der Waals surface area contributed by atoms with Crippen molar-refractivity contribution in [2.24, 2.45) is 0 Å². The Morgan fingerprint density at radius 1 is 1.16 bits per heavy atom. The van der Waals surface area contributed by atoms with E-state index in [4.69, 9.17) is 9.47 Å². The van der Waals surface area contributed by atoms with E-state index < -0.39 is 0 Å². The minimum absolute atomic E-state index is 0.0345. The van der Waals surface area contributed by atoms with E-state index in [0.717, 1.165) is 37.4 Å². The van der Waals surface area contributed by atoms with Crippen LogP contribution in [0.1, 0.15) is 48.6 Å². The van der Waals surface area contributed by atoms with E-state index in [1.807, 2.05) is 6.92 Å². The molecule has 2 aromatic rings. The SMILES string of the molecule is CCNC(=O)N[C@@H](CC)[C@@H]1c2cc(OC)c(OC)cc2CCN1Cc1ccccc1C. The molecule has 2 N–H and O–H groups in total. The molecule has 0 saturated carbocycles. The smallest absolute Gasteiger partial charge is 0.315 e. The summed E-state index contributed by atoms with van der Waals surface area (Å²) in [5.41, 5.74) is 5.04. The summed E-state index contributed by atoms with van der Waals surface area (Å²) in [6.07, 6.45) is 1.75. The first-order valence-electron chi connectivity index (χ1n) is 11.1. The Balaban J connectivity index is 2.03. The molecule has 6 heteroatoms. The Morgan fingerprint density at radius 2 is 1.87 bits per heavy atom. The summed E-state index contributed by atoms with van der Waals surface area (Å²) in [5.74, 6) is 1.47. The van der Waals surface area contributed by atoms with Crippen LogP contribution < -0.4 is 20.1 Å². The highest BCUT2D eigenvalue weighted by Gasteiger charge is 2.35. The van der Waals surface area contributed by atoms with Crippen molar-refractivity contribution in [1.82, 2.24) is 15.5 Å². The number of fused-ring (bicyclic) bond motifs is 1. The van der Waals surface area contributed by atoms with Gasteiger partial charge >= 0.3 is 6.03 Å². The summed E-state index contributed by atoms with van der Waals surface area (Å²) >= 11 is 0. The van der Waals surface area contributed by atoms with Crippen LogP contribution in [0.3, 0.4) is 0 Å². The lowest BCUT2D eigenvalue weighted by atomic mass is 9.86. The molecule has 2 amide bonds. The number of carbonyl (C=O) groups excluding carboxylic acids is 1. The van der Waals surface area contributed by atoms with Crippen molar-refractivity contribution in [3.8, 4) is 11.5 Å². The zero-order valence-electron chi connectivity index (χ0n) is 19.3. The van der Waals surface area contributed by atoms with E-state index >= 15 is 0 Å². The lowest BCUT2D eigenvalue weighted by Gasteiger charge is -2.42. The number of urea groups is 1. The van der Waals surface area contributed by atoms with E-state index in [1.54, 1.807) is 14.2 Å². The molecule has 31 heavy (non-hydrogen) atoms. The van der Waals surface area contributed by atoms with Gasteiger partial charge in [0.05, 0.1) is 26.3 Å². The molecule has 3 rings (SSSR count). The average Bonchev–Trinajstić information content (AvgIpc) is 2.78. The van der Waals surface area contributed by atoms with Crippen LogP contribution in [-0.4, -0.2) is 44.3 Å². The predicted octanol–water partition coefficient (Wildman–Crippen LogP) is 4.21. The summed E-state index contributed by atoms with van der Waals surface area (Å²) in [4.78, 5) is 14.9. The summed E-state index contributed by atoms with van der Waals surface area (Å²) < 4.78 is 11.2. The van der Waals surface area contributed by atoms with Gasteiger partial charge in [0, 0.05) is 19.6 Å². The first-order valence-corrected chi connectivity index (χ1v) is 11.1. The molecule has 0 unspecified atom stereocenters. The third-order valence-corrected chi connectivity index (χ3v) is 6.14. The number of benzene rings is 2. The zero-order valence-corrected chi connectivity index (χ0v) is 19.3. The second kappa shape index (κ2) is 10.5. The largest absolute Gasteiger partial charge is 0.493 e. The van der Waals surface area contributed by atoms with Gasteiger partial charge < -0.3 is 20.1 Å². The van der Waals surface area contributed by atoms with Gasteiger partial charge in [-0.15, -0.1) is 0 Å². The summed E-state index contributed by atoms with van der Waals surface area (Å²) in [6, 6.07) is 12.6. The van der Waals surface area contributed by atoms with Crippen molar-refractivity contribution in [2.75, 3.05) is 27.3 Å². The maximum atomic E-state index is 12.4. The van der Waals surface area contributed by atoms with Crippen molar-refractivity contribution in [3.05, 3.63) is 58.7 Å². The van der Waals surface area contributed by atoms with Crippen molar-refractivity contribution in [2.45, 2.75) is 52.2 Å². The minimum atomic E-state index is -0.127. The molecule has 0 saturated heterocycles. The number of methoxy groups -OCH3 is 2. The molecule has 0 radical (unpaired) electrons. The molecule has 1 aliphatic rings. The fourth-order valence-electron chi connectivity index (χ4n) is 4.47. The monoisotopic (exact) mass is 425 g/mol. The first kappa shape index (κ1) is 22.9. The number of carbonyl (C=O) groups is 1. The van der Waals surface area contributed by atoms with Gasteiger partial charge in [-0.05, 0) is 61.1 Å². The van der Waals surface area contributed by atoms with E-state index in [0.29, 0.717) is 6.54 Å². The highest BCUT2D eigenvalue weighted by atomic mass is 16.5. The number of aryl methyl sites for hydroxylation is 1. The lowest BCUT2D eigenvalue weighted by Crippen LogP contribution is -2.50. The van der Waals surface area contributed by atoms with Gasteiger partial charge in [0.25, 0.3) is 0 Å². The second-order valence-corrected chi connectivity index (χ2v) is 8.02. The van der Waals surface area contributed by atoms with Gasteiger partial charge in [-0.1, -0.05) is 31.2 Å². The van der Waals surface area contributed by atoms with Crippen LogP contribution >= 0.6 is 0 Å². The molecular formula is C25H35N3O3. The van der Waals surface area contributed by atoms with Crippen molar-refractivity contribution in [3.63, 3.8) is 0 Å². The molecule has 1 heterocycles. The summed E-state index contributed by atoms with van der Waals surface area (Å²) in [5, 5.41) is 6.09. The molecule has 0 spiro atoms. The van der Waals surface area contributed by atoms with E-state index in [2.05, 4.69) is 65.8 Å². The fraction of sp³-hybridized carbons (Fsp3) is 0.480. The Hall–Kier alpha value is -2.73. The number of ether oxygens (including phenoxy) is 2. The Labute approximate surface area is 185 Å². The number of nitrogens with one attached hydrogen (secondary N) is 2. The van der Waals surface area contributed by atoms with Crippen LogP contribution in [0.15, 0.2) is 36.4 Å². The first-order chi connectivity index (χ1) is 15.0. The Bertz CT molecular complexity index is 900. The van der Waals surface area contributed by atoms with Crippen molar-refractivity contribution < 1.29 is 14.3 Å². The molecule has 0 aromatic heterocycles. The minimum Gasteiger partial charge on any atom is -0.493 e.